The summed E-state index contributed by atoms with van der Waals surface area (Å²) in [5, 5.41) is 74.3. The zero-order valence-electron chi connectivity index (χ0n) is 51.7. The maximum atomic E-state index is 15.5. The fourth-order valence-electron chi connectivity index (χ4n) is 13.3. The second-order valence-corrected chi connectivity index (χ2v) is 22.9. The minimum absolute atomic E-state index is 0.000954. The standard InChI is InChI=1S/C81H29F6N15/c1-95-55-27-53(41-93)77(67(34-55)99-5)48-13-19-71-60(31-48)59-29-46(75-51(39-91)22-44(37-89)25-65(75)97-3)12-18-70(59)101(71)69-17-10-43(36-88)24-58(69)57-16-11-50(79-63(80(82,83)84)8-7-9-64(79)81(85,86)87)33-74(57)102-72-20-14-47(76-52(40-92)23-45(38-90)26-66(76)98-4)30-61(72)62-32-49(15-21-73(62)102)78-54(42-94)28-56(96-2)35-68(78)100-6/h7-35H. The van der Waals surface area contributed by atoms with Crippen LogP contribution in [0.25, 0.3) is 151 Å². The molecule has 13 rings (SSSR count). The van der Waals surface area contributed by atoms with E-state index in [1.807, 2.05) is 12.1 Å². The van der Waals surface area contributed by atoms with Crippen molar-refractivity contribution in [2.75, 3.05) is 0 Å². The Labute approximate surface area is 574 Å². The molecule has 0 aliphatic rings. The van der Waals surface area contributed by atoms with Crippen molar-refractivity contribution < 1.29 is 26.3 Å². The summed E-state index contributed by atoms with van der Waals surface area (Å²) in [6.07, 6.45) is -10.8. The van der Waals surface area contributed by atoms with Gasteiger partial charge in [-0.25, -0.2) is 29.1 Å². The van der Waals surface area contributed by atoms with Crippen LogP contribution in [0.15, 0.2) is 176 Å². The molecule has 15 nitrogen and oxygen atoms in total. The molecule has 0 aliphatic heterocycles. The number of hydrogen-bond donors (Lipinski definition) is 0. The summed E-state index contributed by atoms with van der Waals surface area (Å²) in [6.45, 7) is 48.2. The lowest BCUT2D eigenvalue weighted by Crippen LogP contribution is -2.14. The van der Waals surface area contributed by atoms with Crippen LogP contribution in [-0.4, -0.2) is 9.13 Å². The van der Waals surface area contributed by atoms with Crippen LogP contribution < -0.4 is 0 Å². The van der Waals surface area contributed by atoms with Crippen LogP contribution in [0.2, 0.25) is 0 Å². The van der Waals surface area contributed by atoms with Crippen molar-refractivity contribution in [3.8, 4) is 121 Å². The van der Waals surface area contributed by atoms with Gasteiger partial charge >= 0.3 is 12.4 Å². The molecule has 0 saturated heterocycles. The molecule has 21 heteroatoms. The Morgan fingerprint density at radius 1 is 0.294 bits per heavy atom. The molecular weight excluding hydrogens is 1300 g/mol. The maximum absolute atomic E-state index is 15.5. The molecule has 0 unspecified atom stereocenters. The Morgan fingerprint density at radius 3 is 0.980 bits per heavy atom. The molecule has 13 aromatic rings. The number of fused-ring (bicyclic) bond motifs is 6. The number of nitriles is 7. The Kier molecular flexibility index (Phi) is 15.8. The third kappa shape index (κ3) is 10.6. The van der Waals surface area contributed by atoms with E-state index in [1.54, 1.807) is 75.9 Å². The SMILES string of the molecule is [C-]#[N+]c1cc(C#N)c(-c2ccc3c(c2)c2cc(-c4c(C#N)cc(C#N)cc4[N+]#[C-])ccc2n3-c2ccc(C#N)cc2-c2ccc(-c3c(C(F)(F)F)cccc3C(F)(F)F)cc2-n2c3ccc(-c4c(C#N)cc(C#N)cc4[N+]#[C-])cc3c3cc(-c4c(C#N)cc([N+]#[C-])cc4[N+]#[C-])ccc32)c([N+]#[C-])c1. The highest BCUT2D eigenvalue weighted by Crippen LogP contribution is 2.51. The van der Waals surface area contributed by atoms with Gasteiger partial charge in [-0.3, -0.25) is 0 Å². The summed E-state index contributed by atoms with van der Waals surface area (Å²) in [7, 11) is 0. The average molecular weight is 1330 g/mol. The van der Waals surface area contributed by atoms with Crippen molar-refractivity contribution >= 4 is 77.7 Å². The molecule has 0 fully saturated rings. The molecule has 0 amide bonds. The Balaban J connectivity index is 1.19. The van der Waals surface area contributed by atoms with E-state index in [4.69, 9.17) is 39.4 Å². The lowest BCUT2D eigenvalue weighted by molar-refractivity contribution is -0.142. The first-order valence-corrected chi connectivity index (χ1v) is 29.8. The fraction of sp³-hybridized carbons (Fsp3) is 0.0247. The van der Waals surface area contributed by atoms with E-state index in [-0.39, 0.29) is 151 Å². The molecule has 0 bridgehead atoms. The molecule has 2 heterocycles. The minimum atomic E-state index is -5.38. The summed E-state index contributed by atoms with van der Waals surface area (Å²) < 4.78 is 96.4. The van der Waals surface area contributed by atoms with Crippen molar-refractivity contribution in [2.45, 2.75) is 12.4 Å². The zero-order chi connectivity index (χ0) is 72.2. The van der Waals surface area contributed by atoms with Crippen LogP contribution in [0.1, 0.15) is 50.1 Å². The van der Waals surface area contributed by atoms with E-state index >= 15 is 26.3 Å². The average Bonchev–Trinajstić information content (AvgIpc) is 1.55. The molecule has 0 spiro atoms. The summed E-state index contributed by atoms with van der Waals surface area (Å²) >= 11 is 0. The Morgan fingerprint density at radius 2 is 0.637 bits per heavy atom. The molecule has 102 heavy (non-hydrogen) atoms. The van der Waals surface area contributed by atoms with Gasteiger partial charge in [0.25, 0.3) is 0 Å². The normalized spacial score (nSPS) is 10.9. The number of rotatable bonds is 8. The Hall–Kier alpha value is -16.0. The van der Waals surface area contributed by atoms with Crippen molar-refractivity contribution in [1.29, 1.82) is 36.8 Å². The van der Waals surface area contributed by atoms with E-state index in [1.165, 1.54) is 78.9 Å². The highest BCUT2D eigenvalue weighted by atomic mass is 19.4. The quantitative estimate of drug-likeness (QED) is 0.106. The van der Waals surface area contributed by atoms with E-state index < -0.39 is 34.6 Å². The van der Waals surface area contributed by atoms with Crippen LogP contribution in [0.4, 0.5) is 60.5 Å². The lowest BCUT2D eigenvalue weighted by Gasteiger charge is -2.22. The molecule has 0 aliphatic carbocycles. The summed E-state index contributed by atoms with van der Waals surface area (Å²) in [5.74, 6) is 0. The number of aromatic nitrogens is 2. The minimum Gasteiger partial charge on any atom is -0.309 e. The largest absolute Gasteiger partial charge is 0.417 e. The maximum Gasteiger partial charge on any atom is 0.417 e. The smallest absolute Gasteiger partial charge is 0.309 e. The van der Waals surface area contributed by atoms with Gasteiger partial charge in [0, 0.05) is 82.7 Å². The van der Waals surface area contributed by atoms with Gasteiger partial charge in [0.05, 0.1) is 143 Å². The van der Waals surface area contributed by atoms with Crippen LogP contribution in [0.3, 0.4) is 0 Å². The van der Waals surface area contributed by atoms with E-state index in [9.17, 15) is 36.8 Å². The number of nitrogens with zero attached hydrogens (tertiary/aromatic N) is 15. The van der Waals surface area contributed by atoms with Gasteiger partial charge in [0.15, 0.2) is 34.1 Å². The second kappa shape index (κ2) is 24.9. The molecule has 2 aromatic heterocycles. The molecule has 0 radical (unpaired) electrons. The predicted octanol–water partition coefficient (Wildman–Crippen LogP) is 22.3. The predicted molar refractivity (Wildman–Crippen MR) is 368 cm³/mol. The first-order valence-electron chi connectivity index (χ1n) is 29.8. The molecule has 0 atom stereocenters. The lowest BCUT2D eigenvalue weighted by atomic mass is 9.90. The molecule has 0 saturated carbocycles. The van der Waals surface area contributed by atoms with Crippen LogP contribution in [-0.2, 0) is 12.4 Å². The van der Waals surface area contributed by atoms with Gasteiger partial charge < -0.3 is 9.13 Å². The molecule has 470 valence electrons. The topological polar surface area (TPSA) is 203 Å². The van der Waals surface area contributed by atoms with Crippen LogP contribution >= 0.6 is 0 Å². The van der Waals surface area contributed by atoms with Gasteiger partial charge in [-0.05, 0) is 149 Å². The van der Waals surface area contributed by atoms with Gasteiger partial charge in [-0.2, -0.15) is 63.2 Å². The first-order chi connectivity index (χ1) is 49.2. The second-order valence-electron chi connectivity index (χ2n) is 22.9. The molecule has 0 N–H and O–H groups in total. The van der Waals surface area contributed by atoms with E-state index in [2.05, 4.69) is 59.4 Å². The third-order valence-corrected chi connectivity index (χ3v) is 17.5. The van der Waals surface area contributed by atoms with E-state index in [0.717, 1.165) is 12.1 Å². The van der Waals surface area contributed by atoms with Gasteiger partial charge in [-0.1, -0.05) is 54.6 Å². The monoisotopic (exact) mass is 1330 g/mol. The highest BCUT2D eigenvalue weighted by molar-refractivity contribution is 6.15. The molecule has 11 aromatic carbocycles. The summed E-state index contributed by atoms with van der Waals surface area (Å²) in [5.41, 5.74) is -2.26. The van der Waals surface area contributed by atoms with Crippen molar-refractivity contribution in [2.24, 2.45) is 0 Å². The van der Waals surface area contributed by atoms with Gasteiger partial charge in [-0.15, -0.1) is 0 Å². The van der Waals surface area contributed by atoms with Crippen molar-refractivity contribution in [1.82, 2.24) is 9.13 Å². The molecular formula is C81H29F6N15. The zero-order valence-corrected chi connectivity index (χ0v) is 51.7. The highest BCUT2D eigenvalue weighted by Gasteiger charge is 2.41. The number of halogens is 6. The number of benzene rings is 11. The summed E-state index contributed by atoms with van der Waals surface area (Å²) in [4.78, 5) is 21.6. The number of alkyl halides is 6. The Bertz CT molecular complexity index is 6130. The number of hydrogen-bond acceptors (Lipinski definition) is 7. The van der Waals surface area contributed by atoms with Gasteiger partial charge in [0.2, 0.25) is 0 Å². The summed E-state index contributed by atoms with van der Waals surface area (Å²) in [6, 6.07) is 54.2. The fourth-order valence-corrected chi connectivity index (χ4v) is 13.3. The van der Waals surface area contributed by atoms with E-state index in [0.29, 0.717) is 51.1 Å². The van der Waals surface area contributed by atoms with Crippen molar-refractivity contribution in [3.05, 3.63) is 294 Å². The first kappa shape index (κ1) is 64.7. The van der Waals surface area contributed by atoms with Crippen molar-refractivity contribution in [3.63, 3.8) is 0 Å². The van der Waals surface area contributed by atoms with Crippen LogP contribution in [0.5, 0.6) is 0 Å². The van der Waals surface area contributed by atoms with Crippen LogP contribution in [0, 0.1) is 119 Å². The van der Waals surface area contributed by atoms with Gasteiger partial charge in [0.1, 0.15) is 0 Å². The third-order valence-electron chi connectivity index (χ3n) is 17.5.